The molecule has 7 heteroatoms. The molecular formula is C14H22F3N3O. The molecule has 0 amide bonds. The molecule has 0 unspecified atom stereocenters. The molecule has 0 aliphatic carbocycles. The van der Waals surface area contributed by atoms with Crippen LogP contribution in [0.3, 0.4) is 0 Å². The zero-order valence-electron chi connectivity index (χ0n) is 12.7. The largest absolute Gasteiger partial charge is 0.433 e. The maximum absolute atomic E-state index is 13.0. The molecule has 1 aliphatic rings. The van der Waals surface area contributed by atoms with Gasteiger partial charge in [0.25, 0.3) is 0 Å². The van der Waals surface area contributed by atoms with Gasteiger partial charge in [-0.2, -0.15) is 18.3 Å². The van der Waals surface area contributed by atoms with Crippen molar-refractivity contribution in [3.63, 3.8) is 0 Å². The smallest absolute Gasteiger partial charge is 0.375 e. The predicted molar refractivity (Wildman–Crippen MR) is 72.8 cm³/mol. The van der Waals surface area contributed by atoms with Crippen LogP contribution in [0.5, 0.6) is 0 Å². The second-order valence-corrected chi connectivity index (χ2v) is 5.80. The number of aryl methyl sites for hydroxylation is 1. The number of alkyl halides is 3. The van der Waals surface area contributed by atoms with Crippen molar-refractivity contribution in [1.82, 2.24) is 14.7 Å². The molecule has 0 atom stereocenters. The van der Waals surface area contributed by atoms with E-state index in [4.69, 9.17) is 4.74 Å². The summed E-state index contributed by atoms with van der Waals surface area (Å²) in [6, 6.07) is 0. The predicted octanol–water partition coefficient (Wildman–Crippen LogP) is 2.83. The third-order valence-corrected chi connectivity index (χ3v) is 4.08. The lowest BCUT2D eigenvalue weighted by Crippen LogP contribution is -2.44. The van der Waals surface area contributed by atoms with E-state index in [1.54, 1.807) is 0 Å². The van der Waals surface area contributed by atoms with Gasteiger partial charge < -0.3 is 4.74 Å². The summed E-state index contributed by atoms with van der Waals surface area (Å²) in [5, 5.41) is 3.75. The highest BCUT2D eigenvalue weighted by atomic mass is 19.4. The van der Waals surface area contributed by atoms with Crippen molar-refractivity contribution in [1.29, 1.82) is 0 Å². The summed E-state index contributed by atoms with van der Waals surface area (Å²) < 4.78 is 45.7. The fourth-order valence-electron chi connectivity index (χ4n) is 2.88. The summed E-state index contributed by atoms with van der Waals surface area (Å²) >= 11 is 0. The molecule has 21 heavy (non-hydrogen) atoms. The summed E-state index contributed by atoms with van der Waals surface area (Å²) in [6.07, 6.45) is -1.37. The Morgan fingerprint density at radius 2 is 1.95 bits per heavy atom. The number of nitrogens with zero attached hydrogens (tertiary/aromatic N) is 3. The third kappa shape index (κ3) is 3.77. The monoisotopic (exact) mass is 305 g/mol. The number of piperidine rings is 1. The number of hydrogen-bond donors (Lipinski definition) is 0. The van der Waals surface area contributed by atoms with Crippen LogP contribution in [0.4, 0.5) is 13.2 Å². The summed E-state index contributed by atoms with van der Waals surface area (Å²) in [5.41, 5.74) is -0.557. The van der Waals surface area contributed by atoms with Crippen LogP contribution in [-0.4, -0.2) is 40.0 Å². The normalized spacial score (nSPS) is 19.9. The van der Waals surface area contributed by atoms with Gasteiger partial charge in [-0.1, -0.05) is 0 Å². The molecule has 4 nitrogen and oxygen atoms in total. The van der Waals surface area contributed by atoms with E-state index in [1.165, 1.54) is 13.2 Å². The molecule has 0 N–H and O–H groups in total. The first kappa shape index (κ1) is 16.3. The lowest BCUT2D eigenvalue weighted by Gasteiger charge is -2.39. The molecule has 0 bridgehead atoms. The Morgan fingerprint density at radius 3 is 2.48 bits per heavy atom. The average Bonchev–Trinajstić information content (AvgIpc) is 2.73. The van der Waals surface area contributed by atoms with Crippen LogP contribution in [0.15, 0.2) is 6.20 Å². The minimum atomic E-state index is -4.36. The van der Waals surface area contributed by atoms with Gasteiger partial charge >= 0.3 is 6.18 Å². The first-order valence-corrected chi connectivity index (χ1v) is 7.19. The van der Waals surface area contributed by atoms with Gasteiger partial charge in [-0.05, 0) is 26.7 Å². The van der Waals surface area contributed by atoms with E-state index in [1.807, 2.05) is 11.8 Å². The number of halogens is 3. The number of aromatic nitrogens is 2. The van der Waals surface area contributed by atoms with Gasteiger partial charge in [0.1, 0.15) is 5.69 Å². The van der Waals surface area contributed by atoms with Gasteiger partial charge in [0.15, 0.2) is 0 Å². The zero-order valence-corrected chi connectivity index (χ0v) is 12.7. The van der Waals surface area contributed by atoms with Crippen LogP contribution in [0.2, 0.25) is 0 Å². The molecule has 0 aromatic carbocycles. The Kier molecular flexibility index (Phi) is 4.63. The highest BCUT2D eigenvalue weighted by Crippen LogP contribution is 2.33. The molecule has 0 saturated carbocycles. The fourth-order valence-corrected chi connectivity index (χ4v) is 2.88. The topological polar surface area (TPSA) is 30.3 Å². The Morgan fingerprint density at radius 1 is 1.33 bits per heavy atom. The van der Waals surface area contributed by atoms with Gasteiger partial charge in [0, 0.05) is 38.9 Å². The van der Waals surface area contributed by atoms with Crippen LogP contribution in [0, 0.1) is 0 Å². The first-order valence-electron chi connectivity index (χ1n) is 7.19. The van der Waals surface area contributed by atoms with Gasteiger partial charge in [0.05, 0.1) is 11.8 Å². The lowest BCUT2D eigenvalue weighted by atomic mass is 9.93. The van der Waals surface area contributed by atoms with Crippen molar-refractivity contribution < 1.29 is 17.9 Å². The molecule has 1 fully saturated rings. The van der Waals surface area contributed by atoms with E-state index in [0.717, 1.165) is 30.6 Å². The van der Waals surface area contributed by atoms with E-state index in [9.17, 15) is 13.2 Å². The van der Waals surface area contributed by atoms with Crippen molar-refractivity contribution in [3.05, 3.63) is 17.5 Å². The molecule has 1 aromatic heterocycles. The molecular weight excluding hydrogens is 283 g/mol. The Labute approximate surface area is 122 Å². The lowest BCUT2D eigenvalue weighted by molar-refractivity contribution is -0.144. The fraction of sp³-hybridized carbons (Fsp3) is 0.786. The maximum atomic E-state index is 13.0. The molecule has 2 heterocycles. The van der Waals surface area contributed by atoms with E-state index in [-0.39, 0.29) is 17.7 Å². The van der Waals surface area contributed by atoms with Crippen molar-refractivity contribution in [2.24, 2.45) is 7.05 Å². The second-order valence-electron chi connectivity index (χ2n) is 5.80. The molecule has 1 aromatic rings. The highest BCUT2D eigenvalue weighted by molar-refractivity contribution is 5.20. The summed E-state index contributed by atoms with van der Waals surface area (Å²) in [5.74, 6) is 0. The van der Waals surface area contributed by atoms with Gasteiger partial charge in [-0.25, -0.2) is 0 Å². The van der Waals surface area contributed by atoms with Crippen molar-refractivity contribution >= 4 is 0 Å². The second kappa shape index (κ2) is 5.96. The number of rotatable bonds is 4. The molecule has 120 valence electrons. The van der Waals surface area contributed by atoms with Gasteiger partial charge in [-0.15, -0.1) is 0 Å². The maximum Gasteiger partial charge on any atom is 0.433 e. The minimum absolute atomic E-state index is 0.146. The summed E-state index contributed by atoms with van der Waals surface area (Å²) in [4.78, 5) is 2.03. The summed E-state index contributed by atoms with van der Waals surface area (Å²) in [7, 11) is 1.33. The summed E-state index contributed by atoms with van der Waals surface area (Å²) in [6.45, 7) is 6.45. The quantitative estimate of drug-likeness (QED) is 0.857. The van der Waals surface area contributed by atoms with Crippen molar-refractivity contribution in [2.75, 3.05) is 19.7 Å². The zero-order chi connectivity index (χ0) is 15.7. The Hall–Kier alpha value is -1.08. The number of hydrogen-bond acceptors (Lipinski definition) is 3. The van der Waals surface area contributed by atoms with Crippen LogP contribution in [0.1, 0.15) is 37.9 Å². The number of ether oxygens (including phenoxy) is 1. The molecule has 0 spiro atoms. The SMILES string of the molecule is CCOC1(C)CCN(Cc2cnn(C)c2C(F)(F)F)CC1. The molecule has 1 aliphatic heterocycles. The molecule has 1 saturated heterocycles. The Balaban J connectivity index is 2.02. The van der Waals surface area contributed by atoms with Crippen LogP contribution in [0.25, 0.3) is 0 Å². The Bertz CT molecular complexity index is 476. The van der Waals surface area contributed by atoms with E-state index < -0.39 is 11.9 Å². The van der Waals surface area contributed by atoms with E-state index >= 15 is 0 Å². The van der Waals surface area contributed by atoms with Crippen LogP contribution < -0.4 is 0 Å². The molecule has 0 radical (unpaired) electrons. The van der Waals surface area contributed by atoms with Gasteiger partial charge in [0.2, 0.25) is 0 Å². The number of likely N-dealkylation sites (tertiary alicyclic amines) is 1. The van der Waals surface area contributed by atoms with Gasteiger partial charge in [-0.3, -0.25) is 9.58 Å². The third-order valence-electron chi connectivity index (χ3n) is 4.08. The standard InChI is InChI=1S/C14H22F3N3O/c1-4-21-13(2)5-7-20(8-6-13)10-11-9-18-19(3)12(11)14(15,16)17/h9H,4-8,10H2,1-3H3. The highest BCUT2D eigenvalue weighted by Gasteiger charge is 2.38. The van der Waals surface area contributed by atoms with Crippen molar-refractivity contribution in [3.8, 4) is 0 Å². The van der Waals surface area contributed by atoms with Crippen molar-refractivity contribution in [2.45, 2.75) is 45.0 Å². The van der Waals surface area contributed by atoms with E-state index in [2.05, 4.69) is 12.0 Å². The first-order chi connectivity index (χ1) is 9.75. The minimum Gasteiger partial charge on any atom is -0.375 e. The van der Waals surface area contributed by atoms with E-state index in [0.29, 0.717) is 6.61 Å². The molecule has 2 rings (SSSR count). The van der Waals surface area contributed by atoms with Crippen LogP contribution in [-0.2, 0) is 24.5 Å². The average molecular weight is 305 g/mol. The van der Waals surface area contributed by atoms with Crippen LogP contribution >= 0.6 is 0 Å².